The topological polar surface area (TPSA) is 52.2 Å². The summed E-state index contributed by atoms with van der Waals surface area (Å²) in [5.41, 5.74) is 8.90. The Morgan fingerprint density at radius 2 is 1.14 bits per heavy atom. The van der Waals surface area contributed by atoms with Crippen molar-refractivity contribution in [1.82, 2.24) is 5.43 Å². The minimum Gasteiger partial charge on any atom is -0.356 e. The zero-order valence-corrected chi connectivity index (χ0v) is 11.5. The van der Waals surface area contributed by atoms with E-state index in [-0.39, 0.29) is 0 Å². The number of para-hydroxylation sites is 1. The summed E-state index contributed by atoms with van der Waals surface area (Å²) in [4.78, 5) is 0. The Morgan fingerprint density at radius 1 is 0.619 bits per heavy atom. The number of rotatable bonds is 4. The Bertz CT molecular complexity index is 689. The average Bonchev–Trinajstić information content (AvgIpc) is 2.57. The van der Waals surface area contributed by atoms with E-state index in [4.69, 9.17) is 5.84 Å². The van der Waals surface area contributed by atoms with Crippen molar-refractivity contribution in [2.75, 3.05) is 5.32 Å². The van der Waals surface area contributed by atoms with E-state index in [2.05, 4.69) is 35.0 Å². The molecular weight excluding hydrogens is 258 g/mol. The van der Waals surface area contributed by atoms with E-state index in [9.17, 15) is 0 Å². The molecule has 0 heterocycles. The van der Waals surface area contributed by atoms with E-state index in [1.54, 1.807) is 0 Å². The first-order valence-corrected chi connectivity index (χ1v) is 6.79. The SMILES string of the molecule is N[N]c1ccc(-c2ccc(Nc3ccccc3)cc2)cc1. The van der Waals surface area contributed by atoms with Gasteiger partial charge < -0.3 is 5.32 Å². The number of hydrogen-bond donors (Lipinski definition) is 2. The summed E-state index contributed by atoms with van der Waals surface area (Å²) >= 11 is 0. The molecule has 0 atom stereocenters. The third-order valence-corrected chi connectivity index (χ3v) is 3.30. The van der Waals surface area contributed by atoms with E-state index < -0.39 is 0 Å². The van der Waals surface area contributed by atoms with Crippen molar-refractivity contribution in [1.29, 1.82) is 0 Å². The van der Waals surface area contributed by atoms with E-state index in [1.165, 1.54) is 0 Å². The maximum Gasteiger partial charge on any atom is 0.0771 e. The molecule has 0 saturated heterocycles. The van der Waals surface area contributed by atoms with Crippen LogP contribution in [-0.2, 0) is 0 Å². The molecule has 0 spiro atoms. The molecule has 3 heteroatoms. The predicted octanol–water partition coefficient (Wildman–Crippen LogP) is 4.21. The first-order chi connectivity index (χ1) is 10.3. The van der Waals surface area contributed by atoms with Crippen molar-refractivity contribution in [2.45, 2.75) is 0 Å². The summed E-state index contributed by atoms with van der Waals surface area (Å²) in [6, 6.07) is 26.3. The predicted molar refractivity (Wildman–Crippen MR) is 87.6 cm³/mol. The van der Waals surface area contributed by atoms with Gasteiger partial charge in [-0.15, -0.1) is 0 Å². The molecule has 0 saturated carbocycles. The van der Waals surface area contributed by atoms with Crippen LogP contribution < -0.4 is 16.6 Å². The van der Waals surface area contributed by atoms with Crippen molar-refractivity contribution in [2.24, 2.45) is 5.84 Å². The first-order valence-electron chi connectivity index (χ1n) is 6.79. The second-order valence-corrected chi connectivity index (χ2v) is 4.74. The third-order valence-electron chi connectivity index (χ3n) is 3.30. The molecule has 3 N–H and O–H groups in total. The summed E-state index contributed by atoms with van der Waals surface area (Å²) < 4.78 is 0. The summed E-state index contributed by atoms with van der Waals surface area (Å²) in [6.45, 7) is 0. The molecule has 103 valence electrons. The first kappa shape index (κ1) is 13.2. The largest absolute Gasteiger partial charge is 0.356 e. The van der Waals surface area contributed by atoms with E-state index >= 15 is 0 Å². The van der Waals surface area contributed by atoms with Gasteiger partial charge in [0, 0.05) is 11.4 Å². The van der Waals surface area contributed by atoms with Gasteiger partial charge in [-0.2, -0.15) is 0 Å². The van der Waals surface area contributed by atoms with Gasteiger partial charge in [-0.25, -0.2) is 11.3 Å². The Morgan fingerprint density at radius 3 is 1.71 bits per heavy atom. The fourth-order valence-electron chi connectivity index (χ4n) is 2.17. The molecule has 3 nitrogen and oxygen atoms in total. The molecule has 3 rings (SSSR count). The van der Waals surface area contributed by atoms with E-state index in [1.807, 2.05) is 54.6 Å². The highest BCUT2D eigenvalue weighted by Gasteiger charge is 1.99. The number of anilines is 2. The summed E-state index contributed by atoms with van der Waals surface area (Å²) in [7, 11) is 0. The lowest BCUT2D eigenvalue weighted by molar-refractivity contribution is 0.959. The maximum absolute atomic E-state index is 5.25. The lowest BCUT2D eigenvalue weighted by atomic mass is 10.1. The summed E-state index contributed by atoms with van der Waals surface area (Å²) in [6.07, 6.45) is 0. The summed E-state index contributed by atoms with van der Waals surface area (Å²) in [5.74, 6) is 5.25. The number of nitrogens with two attached hydrogens (primary N) is 1. The van der Waals surface area contributed by atoms with Crippen LogP contribution in [0.5, 0.6) is 0 Å². The molecular formula is C18H16N3. The average molecular weight is 274 g/mol. The van der Waals surface area contributed by atoms with Crippen LogP contribution in [0, 0.1) is 0 Å². The molecule has 0 fully saturated rings. The quantitative estimate of drug-likeness (QED) is 0.553. The molecule has 0 unspecified atom stereocenters. The van der Waals surface area contributed by atoms with Gasteiger partial charge in [0.15, 0.2) is 0 Å². The number of nitrogens with one attached hydrogen (secondary N) is 1. The van der Waals surface area contributed by atoms with Crippen LogP contribution in [0.2, 0.25) is 0 Å². The lowest BCUT2D eigenvalue weighted by Crippen LogP contribution is -2.04. The second-order valence-electron chi connectivity index (χ2n) is 4.74. The van der Waals surface area contributed by atoms with Gasteiger partial charge in [-0.05, 0) is 47.5 Å². The molecule has 0 aliphatic carbocycles. The van der Waals surface area contributed by atoms with Crippen molar-refractivity contribution >= 4 is 17.1 Å². The van der Waals surface area contributed by atoms with Gasteiger partial charge >= 0.3 is 0 Å². The highest BCUT2D eigenvalue weighted by molar-refractivity contribution is 5.69. The Kier molecular flexibility index (Phi) is 3.85. The zero-order chi connectivity index (χ0) is 14.5. The number of hydrogen-bond acceptors (Lipinski definition) is 2. The fraction of sp³-hybridized carbons (Fsp3) is 0. The number of benzene rings is 3. The van der Waals surface area contributed by atoms with Crippen LogP contribution in [0.15, 0.2) is 78.9 Å². The van der Waals surface area contributed by atoms with Crippen LogP contribution in [0.4, 0.5) is 17.1 Å². The molecule has 0 aliphatic rings. The molecule has 21 heavy (non-hydrogen) atoms. The van der Waals surface area contributed by atoms with Crippen LogP contribution in [0.3, 0.4) is 0 Å². The van der Waals surface area contributed by atoms with Crippen LogP contribution in [-0.4, -0.2) is 0 Å². The van der Waals surface area contributed by atoms with Gasteiger partial charge in [-0.1, -0.05) is 42.5 Å². The molecule has 1 radical (unpaired) electrons. The molecule has 0 amide bonds. The van der Waals surface area contributed by atoms with Gasteiger partial charge in [-0.3, -0.25) is 0 Å². The molecule has 0 bridgehead atoms. The molecule has 3 aromatic rings. The van der Waals surface area contributed by atoms with Crippen molar-refractivity contribution < 1.29 is 0 Å². The Balaban J connectivity index is 1.77. The monoisotopic (exact) mass is 274 g/mol. The van der Waals surface area contributed by atoms with E-state index in [0.29, 0.717) is 0 Å². The lowest BCUT2D eigenvalue weighted by Gasteiger charge is -2.08. The van der Waals surface area contributed by atoms with Crippen molar-refractivity contribution in [3.05, 3.63) is 78.9 Å². The van der Waals surface area contributed by atoms with Gasteiger partial charge in [0.25, 0.3) is 0 Å². The number of nitrogens with zero attached hydrogens (tertiary/aromatic N) is 1. The van der Waals surface area contributed by atoms with Gasteiger partial charge in [0.05, 0.1) is 5.69 Å². The van der Waals surface area contributed by atoms with Crippen LogP contribution in [0.25, 0.3) is 11.1 Å². The van der Waals surface area contributed by atoms with E-state index in [0.717, 1.165) is 28.2 Å². The zero-order valence-electron chi connectivity index (χ0n) is 11.5. The standard InChI is InChI=1S/C18H16N3/c19-21-18-12-8-15(9-13-18)14-6-10-17(11-7-14)20-16-4-2-1-3-5-16/h1-13,20H,19H2. The minimum atomic E-state index is 0.779. The van der Waals surface area contributed by atoms with Crippen LogP contribution >= 0.6 is 0 Å². The van der Waals surface area contributed by atoms with Crippen LogP contribution in [0.1, 0.15) is 0 Å². The minimum absolute atomic E-state index is 0.779. The Labute approximate surface area is 124 Å². The Hall–Kier alpha value is -2.78. The second kappa shape index (κ2) is 6.11. The highest BCUT2D eigenvalue weighted by Crippen LogP contribution is 2.24. The molecule has 3 aromatic carbocycles. The fourth-order valence-corrected chi connectivity index (χ4v) is 2.17. The maximum atomic E-state index is 5.25. The van der Waals surface area contributed by atoms with Gasteiger partial charge in [0.2, 0.25) is 0 Å². The van der Waals surface area contributed by atoms with Gasteiger partial charge in [0.1, 0.15) is 0 Å². The summed E-state index contributed by atoms with van der Waals surface area (Å²) in [5, 5.41) is 3.37. The molecule has 0 aromatic heterocycles. The highest BCUT2D eigenvalue weighted by atomic mass is 15.2. The smallest absolute Gasteiger partial charge is 0.0771 e. The van der Waals surface area contributed by atoms with Crippen molar-refractivity contribution in [3.63, 3.8) is 0 Å². The van der Waals surface area contributed by atoms with Crippen molar-refractivity contribution in [3.8, 4) is 11.1 Å². The third kappa shape index (κ3) is 3.22. The molecule has 0 aliphatic heterocycles. The normalized spacial score (nSPS) is 10.1.